The summed E-state index contributed by atoms with van der Waals surface area (Å²) < 4.78 is 0.488. The van der Waals surface area contributed by atoms with Gasteiger partial charge in [0.1, 0.15) is 0 Å². The van der Waals surface area contributed by atoms with Crippen LogP contribution in [0.4, 0.5) is 5.69 Å². The van der Waals surface area contributed by atoms with Gasteiger partial charge in [0.05, 0.1) is 4.58 Å². The first-order valence-corrected chi connectivity index (χ1v) is 11.8. The third kappa shape index (κ3) is 4.55. The molecule has 4 nitrogen and oxygen atoms in total. The zero-order valence-electron chi connectivity index (χ0n) is 15.7. The van der Waals surface area contributed by atoms with Gasteiger partial charge in [-0.15, -0.1) is 23.5 Å². The molecule has 0 aliphatic carbocycles. The predicted octanol–water partition coefficient (Wildman–Crippen LogP) is 4.61. The molecule has 2 aromatic rings. The van der Waals surface area contributed by atoms with Crippen molar-refractivity contribution < 1.29 is 9.59 Å². The number of nitrogens with one attached hydrogen (secondary N) is 1. The summed E-state index contributed by atoms with van der Waals surface area (Å²) in [6, 6.07) is 15.8. The molecule has 2 aliphatic rings. The van der Waals surface area contributed by atoms with Crippen molar-refractivity contribution in [2.75, 3.05) is 23.0 Å². The number of benzene rings is 2. The van der Waals surface area contributed by atoms with Crippen molar-refractivity contribution in [3.05, 3.63) is 65.2 Å². The normalized spacial score (nSPS) is 17.7. The first-order chi connectivity index (χ1) is 13.7. The van der Waals surface area contributed by atoms with Gasteiger partial charge >= 0.3 is 0 Å². The van der Waals surface area contributed by atoms with Crippen LogP contribution >= 0.6 is 23.5 Å². The van der Waals surface area contributed by atoms with Crippen molar-refractivity contribution in [3.8, 4) is 0 Å². The van der Waals surface area contributed by atoms with E-state index >= 15 is 0 Å². The summed E-state index contributed by atoms with van der Waals surface area (Å²) in [5.74, 6) is 2.53. The highest BCUT2D eigenvalue weighted by Gasteiger charge is 2.21. The van der Waals surface area contributed by atoms with Crippen LogP contribution < -0.4 is 10.2 Å². The van der Waals surface area contributed by atoms with E-state index in [0.29, 0.717) is 23.1 Å². The highest BCUT2D eigenvalue weighted by atomic mass is 32.2. The van der Waals surface area contributed by atoms with Crippen LogP contribution in [-0.2, 0) is 11.3 Å². The number of carbonyl (C=O) groups excluding carboxylic acids is 2. The summed E-state index contributed by atoms with van der Waals surface area (Å²) in [4.78, 5) is 26.3. The molecule has 0 atom stereocenters. The number of thioether (sulfide) groups is 2. The van der Waals surface area contributed by atoms with Crippen molar-refractivity contribution in [2.24, 2.45) is 0 Å². The second-order valence-corrected chi connectivity index (χ2v) is 9.77. The molecule has 6 heteroatoms. The van der Waals surface area contributed by atoms with E-state index in [4.69, 9.17) is 0 Å². The average Bonchev–Trinajstić information content (AvgIpc) is 3.19. The van der Waals surface area contributed by atoms with Gasteiger partial charge in [0.2, 0.25) is 5.91 Å². The van der Waals surface area contributed by atoms with Gasteiger partial charge < -0.3 is 10.2 Å². The SMILES string of the molecule is O=C(NCc1cccc(N2CCCC2=O)c1)c1ccc(C2SCCCS2)cc1. The summed E-state index contributed by atoms with van der Waals surface area (Å²) in [6.45, 7) is 1.23. The summed E-state index contributed by atoms with van der Waals surface area (Å²) in [6.07, 6.45) is 2.81. The Morgan fingerprint density at radius 1 is 1.07 bits per heavy atom. The number of hydrogen-bond donors (Lipinski definition) is 1. The maximum Gasteiger partial charge on any atom is 0.251 e. The molecule has 2 aliphatic heterocycles. The third-order valence-corrected chi connectivity index (χ3v) is 8.04. The van der Waals surface area contributed by atoms with Crippen LogP contribution in [0.1, 0.15) is 45.3 Å². The van der Waals surface area contributed by atoms with Crippen molar-refractivity contribution >= 4 is 41.0 Å². The molecule has 4 rings (SSSR count). The molecule has 1 N–H and O–H groups in total. The molecule has 0 radical (unpaired) electrons. The standard InChI is InChI=1S/C22H24N2O2S2/c25-20-6-2-11-24(20)19-5-1-4-16(14-19)15-23-21(26)17-7-9-18(10-8-17)22-27-12-3-13-28-22/h1,4-5,7-10,14,22H,2-3,6,11-13,15H2,(H,23,26). The van der Waals surface area contributed by atoms with E-state index in [1.54, 1.807) is 0 Å². The molecule has 2 fully saturated rings. The maximum atomic E-state index is 12.5. The monoisotopic (exact) mass is 412 g/mol. The Kier molecular flexibility index (Phi) is 6.27. The highest BCUT2D eigenvalue weighted by molar-refractivity contribution is 8.16. The molecule has 2 saturated heterocycles. The summed E-state index contributed by atoms with van der Waals surface area (Å²) in [5.41, 5.74) is 3.88. The summed E-state index contributed by atoms with van der Waals surface area (Å²) in [7, 11) is 0. The zero-order chi connectivity index (χ0) is 19.3. The number of carbonyl (C=O) groups is 2. The zero-order valence-corrected chi connectivity index (χ0v) is 17.4. The molecule has 2 amide bonds. The van der Waals surface area contributed by atoms with Gasteiger partial charge in [-0.1, -0.05) is 24.3 Å². The molecule has 0 aromatic heterocycles. The van der Waals surface area contributed by atoms with Crippen LogP contribution in [0, 0.1) is 0 Å². The second-order valence-electron chi connectivity index (χ2n) is 7.05. The molecule has 0 saturated carbocycles. The van der Waals surface area contributed by atoms with E-state index < -0.39 is 0 Å². The number of hydrogen-bond acceptors (Lipinski definition) is 4. The van der Waals surface area contributed by atoms with E-state index in [9.17, 15) is 9.59 Å². The van der Waals surface area contributed by atoms with Gasteiger partial charge in [-0.3, -0.25) is 9.59 Å². The fourth-order valence-electron chi connectivity index (χ4n) is 3.51. The minimum Gasteiger partial charge on any atom is -0.348 e. The van der Waals surface area contributed by atoms with Crippen LogP contribution in [0.5, 0.6) is 0 Å². The number of anilines is 1. The fourth-order valence-corrected chi connectivity index (χ4v) is 6.41. The molecular weight excluding hydrogens is 388 g/mol. The lowest BCUT2D eigenvalue weighted by Crippen LogP contribution is -2.25. The third-order valence-electron chi connectivity index (χ3n) is 5.02. The van der Waals surface area contributed by atoms with Gasteiger partial charge in [-0.25, -0.2) is 0 Å². The molecule has 146 valence electrons. The Morgan fingerprint density at radius 2 is 1.86 bits per heavy atom. The van der Waals surface area contributed by atoms with Crippen molar-refractivity contribution in [2.45, 2.75) is 30.4 Å². The molecular formula is C22H24N2O2S2. The van der Waals surface area contributed by atoms with Crippen molar-refractivity contribution in [1.82, 2.24) is 5.32 Å². The Hall–Kier alpha value is -1.92. The van der Waals surface area contributed by atoms with Crippen LogP contribution in [0.2, 0.25) is 0 Å². The van der Waals surface area contributed by atoms with Crippen LogP contribution in [0.3, 0.4) is 0 Å². The number of rotatable bonds is 5. The molecule has 0 unspecified atom stereocenters. The minimum absolute atomic E-state index is 0.0712. The van der Waals surface area contributed by atoms with Crippen LogP contribution in [0.25, 0.3) is 0 Å². The Labute approximate surface area is 174 Å². The van der Waals surface area contributed by atoms with E-state index in [0.717, 1.165) is 24.2 Å². The fraction of sp³-hybridized carbons (Fsp3) is 0.364. The second kappa shape index (κ2) is 9.05. The Bertz CT molecular complexity index is 848. The van der Waals surface area contributed by atoms with Gasteiger partial charge in [-0.05, 0) is 59.7 Å². The van der Waals surface area contributed by atoms with Crippen LogP contribution in [0.15, 0.2) is 48.5 Å². The van der Waals surface area contributed by atoms with Crippen molar-refractivity contribution in [3.63, 3.8) is 0 Å². The molecule has 28 heavy (non-hydrogen) atoms. The van der Waals surface area contributed by atoms with Crippen molar-refractivity contribution in [1.29, 1.82) is 0 Å². The molecule has 2 heterocycles. The van der Waals surface area contributed by atoms with E-state index in [2.05, 4.69) is 17.4 Å². The summed E-state index contributed by atoms with van der Waals surface area (Å²) in [5, 5.41) is 2.99. The lowest BCUT2D eigenvalue weighted by molar-refractivity contribution is -0.117. The topological polar surface area (TPSA) is 49.4 Å². The lowest BCUT2D eigenvalue weighted by atomic mass is 10.1. The van der Waals surface area contributed by atoms with Gasteiger partial charge in [0.25, 0.3) is 5.91 Å². The predicted molar refractivity (Wildman–Crippen MR) is 118 cm³/mol. The van der Waals surface area contributed by atoms with Gasteiger partial charge in [0.15, 0.2) is 0 Å². The first kappa shape index (κ1) is 19.4. The van der Waals surface area contributed by atoms with Crippen LogP contribution in [-0.4, -0.2) is 29.9 Å². The lowest BCUT2D eigenvalue weighted by Gasteiger charge is -2.21. The number of nitrogens with zero attached hydrogens (tertiary/aromatic N) is 1. The maximum absolute atomic E-state index is 12.5. The Morgan fingerprint density at radius 3 is 2.57 bits per heavy atom. The largest absolute Gasteiger partial charge is 0.348 e. The first-order valence-electron chi connectivity index (χ1n) is 9.71. The van der Waals surface area contributed by atoms with E-state index in [1.807, 2.05) is 64.8 Å². The minimum atomic E-state index is -0.0712. The Balaban J connectivity index is 1.36. The molecule has 2 aromatic carbocycles. The van der Waals surface area contributed by atoms with E-state index in [-0.39, 0.29) is 11.8 Å². The van der Waals surface area contributed by atoms with E-state index in [1.165, 1.54) is 23.5 Å². The highest BCUT2D eigenvalue weighted by Crippen LogP contribution is 2.43. The summed E-state index contributed by atoms with van der Waals surface area (Å²) >= 11 is 3.97. The van der Waals surface area contributed by atoms with Gasteiger partial charge in [0, 0.05) is 30.8 Å². The van der Waals surface area contributed by atoms with Gasteiger partial charge in [-0.2, -0.15) is 0 Å². The number of amides is 2. The molecule has 0 spiro atoms. The quantitative estimate of drug-likeness (QED) is 0.779. The smallest absolute Gasteiger partial charge is 0.251 e. The molecule has 0 bridgehead atoms. The average molecular weight is 413 g/mol.